The van der Waals surface area contributed by atoms with Crippen molar-refractivity contribution in [2.24, 2.45) is 0 Å². The highest BCUT2D eigenvalue weighted by atomic mass is 35.5. The summed E-state index contributed by atoms with van der Waals surface area (Å²) in [6.07, 6.45) is -0.637. The van der Waals surface area contributed by atoms with Crippen LogP contribution in [-0.2, 0) is 6.54 Å². The predicted octanol–water partition coefficient (Wildman–Crippen LogP) is 3.37. The van der Waals surface area contributed by atoms with Crippen LogP contribution < -0.4 is 0 Å². The number of aliphatic hydroxyl groups excluding tert-OH is 1. The van der Waals surface area contributed by atoms with E-state index in [4.69, 9.17) is 16.0 Å². The van der Waals surface area contributed by atoms with Crippen LogP contribution in [0.5, 0.6) is 0 Å². The first kappa shape index (κ1) is 16.9. The molecule has 0 aliphatic rings. The standard InChI is InChI=1S/C16H22ClN3O2/c1-11-18-19-15(22-11)10-20(16(2,3)4)9-14(21)12-6-5-7-13(17)8-12/h5-8,14,21H,9-10H2,1-4H3. The molecule has 120 valence electrons. The molecule has 0 bridgehead atoms. The molecule has 0 fully saturated rings. The van der Waals surface area contributed by atoms with Crippen molar-refractivity contribution < 1.29 is 9.52 Å². The number of halogens is 1. The Morgan fingerprint density at radius 1 is 1.32 bits per heavy atom. The maximum Gasteiger partial charge on any atom is 0.230 e. The molecule has 0 radical (unpaired) electrons. The molecule has 2 rings (SSSR count). The van der Waals surface area contributed by atoms with Crippen molar-refractivity contribution in [3.05, 3.63) is 46.6 Å². The molecule has 0 saturated carbocycles. The molecule has 1 heterocycles. The fourth-order valence-electron chi connectivity index (χ4n) is 2.17. The highest BCUT2D eigenvalue weighted by Crippen LogP contribution is 2.24. The number of hydrogen-bond acceptors (Lipinski definition) is 5. The highest BCUT2D eigenvalue weighted by Gasteiger charge is 2.26. The molecular formula is C16H22ClN3O2. The van der Waals surface area contributed by atoms with Gasteiger partial charge < -0.3 is 9.52 Å². The lowest BCUT2D eigenvalue weighted by Gasteiger charge is -2.36. The molecule has 1 aromatic carbocycles. The summed E-state index contributed by atoms with van der Waals surface area (Å²) in [5.74, 6) is 1.09. The summed E-state index contributed by atoms with van der Waals surface area (Å²) in [6, 6.07) is 7.28. The van der Waals surface area contributed by atoms with E-state index in [1.807, 2.05) is 12.1 Å². The van der Waals surface area contributed by atoms with Gasteiger partial charge in [-0.25, -0.2) is 0 Å². The molecule has 0 spiro atoms. The monoisotopic (exact) mass is 323 g/mol. The van der Waals surface area contributed by atoms with Crippen LogP contribution in [0.3, 0.4) is 0 Å². The van der Waals surface area contributed by atoms with E-state index < -0.39 is 6.10 Å². The van der Waals surface area contributed by atoms with Gasteiger partial charge in [-0.1, -0.05) is 23.7 Å². The molecule has 1 atom stereocenters. The fraction of sp³-hybridized carbons (Fsp3) is 0.500. The summed E-state index contributed by atoms with van der Waals surface area (Å²) in [7, 11) is 0. The Morgan fingerprint density at radius 2 is 2.05 bits per heavy atom. The summed E-state index contributed by atoms with van der Waals surface area (Å²) in [6.45, 7) is 8.95. The molecule has 0 amide bonds. The second kappa shape index (κ2) is 6.77. The van der Waals surface area contributed by atoms with E-state index in [9.17, 15) is 5.11 Å². The van der Waals surface area contributed by atoms with Gasteiger partial charge in [-0.15, -0.1) is 10.2 Å². The van der Waals surface area contributed by atoms with E-state index in [-0.39, 0.29) is 5.54 Å². The van der Waals surface area contributed by atoms with Crippen LogP contribution in [0, 0.1) is 6.92 Å². The molecular weight excluding hydrogens is 302 g/mol. The summed E-state index contributed by atoms with van der Waals surface area (Å²) in [5.41, 5.74) is 0.644. The van der Waals surface area contributed by atoms with Crippen LogP contribution in [0.15, 0.2) is 28.7 Å². The molecule has 1 aromatic heterocycles. The van der Waals surface area contributed by atoms with Gasteiger partial charge in [-0.3, -0.25) is 4.90 Å². The minimum atomic E-state index is -0.637. The van der Waals surface area contributed by atoms with Crippen LogP contribution in [0.4, 0.5) is 0 Å². The number of aromatic nitrogens is 2. The zero-order chi connectivity index (χ0) is 16.3. The Labute approximate surface area is 135 Å². The molecule has 0 aliphatic carbocycles. The second-order valence-corrected chi connectivity index (χ2v) is 6.77. The van der Waals surface area contributed by atoms with Gasteiger partial charge in [0.15, 0.2) is 0 Å². The van der Waals surface area contributed by atoms with Crippen molar-refractivity contribution in [2.75, 3.05) is 6.54 Å². The molecule has 22 heavy (non-hydrogen) atoms. The summed E-state index contributed by atoms with van der Waals surface area (Å²) in [5, 5.41) is 19.0. The van der Waals surface area contributed by atoms with Crippen LogP contribution >= 0.6 is 11.6 Å². The van der Waals surface area contributed by atoms with Crippen LogP contribution in [-0.4, -0.2) is 32.3 Å². The lowest BCUT2D eigenvalue weighted by Crippen LogP contribution is -2.43. The van der Waals surface area contributed by atoms with Crippen molar-refractivity contribution in [2.45, 2.75) is 45.9 Å². The van der Waals surface area contributed by atoms with Gasteiger partial charge in [0.2, 0.25) is 11.8 Å². The maximum atomic E-state index is 10.5. The molecule has 1 N–H and O–H groups in total. The molecule has 2 aromatic rings. The van der Waals surface area contributed by atoms with Gasteiger partial charge in [0.25, 0.3) is 0 Å². The number of nitrogens with zero attached hydrogens (tertiary/aromatic N) is 3. The quantitative estimate of drug-likeness (QED) is 0.914. The Morgan fingerprint density at radius 3 is 2.59 bits per heavy atom. The van der Waals surface area contributed by atoms with Gasteiger partial charge in [0.05, 0.1) is 12.6 Å². The Bertz CT molecular complexity index is 622. The average molecular weight is 324 g/mol. The minimum absolute atomic E-state index is 0.151. The van der Waals surface area contributed by atoms with Gasteiger partial charge in [-0.05, 0) is 38.5 Å². The van der Waals surface area contributed by atoms with Crippen LogP contribution in [0.1, 0.15) is 44.2 Å². The van der Waals surface area contributed by atoms with E-state index in [0.29, 0.717) is 29.9 Å². The summed E-state index contributed by atoms with van der Waals surface area (Å²) >= 11 is 5.99. The van der Waals surface area contributed by atoms with Gasteiger partial charge in [0, 0.05) is 24.0 Å². The molecule has 1 unspecified atom stereocenters. The van der Waals surface area contributed by atoms with Crippen molar-refractivity contribution in [1.82, 2.24) is 15.1 Å². The number of aliphatic hydroxyl groups is 1. The normalized spacial score (nSPS) is 13.6. The highest BCUT2D eigenvalue weighted by molar-refractivity contribution is 6.30. The second-order valence-electron chi connectivity index (χ2n) is 6.34. The van der Waals surface area contributed by atoms with E-state index in [0.717, 1.165) is 5.56 Å². The predicted molar refractivity (Wildman–Crippen MR) is 85.6 cm³/mol. The van der Waals surface area contributed by atoms with Crippen molar-refractivity contribution in [3.63, 3.8) is 0 Å². The van der Waals surface area contributed by atoms with E-state index in [1.165, 1.54) is 0 Å². The Hall–Kier alpha value is -1.43. The third-order valence-electron chi connectivity index (χ3n) is 3.47. The summed E-state index contributed by atoms with van der Waals surface area (Å²) in [4.78, 5) is 2.10. The fourth-order valence-corrected chi connectivity index (χ4v) is 2.37. The lowest BCUT2D eigenvalue weighted by molar-refractivity contribution is 0.0460. The molecule has 0 saturated heterocycles. The smallest absolute Gasteiger partial charge is 0.230 e. The largest absolute Gasteiger partial charge is 0.424 e. The number of benzene rings is 1. The Balaban J connectivity index is 2.13. The lowest BCUT2D eigenvalue weighted by atomic mass is 10.0. The number of aryl methyl sites for hydroxylation is 1. The van der Waals surface area contributed by atoms with E-state index in [1.54, 1.807) is 19.1 Å². The van der Waals surface area contributed by atoms with Crippen molar-refractivity contribution in [3.8, 4) is 0 Å². The van der Waals surface area contributed by atoms with Gasteiger partial charge in [-0.2, -0.15) is 0 Å². The number of rotatable bonds is 5. The zero-order valence-corrected chi connectivity index (χ0v) is 14.1. The first-order valence-electron chi connectivity index (χ1n) is 7.23. The number of β-amino-alcohol motifs (C(OH)–C–C–N with tert-alkyl or cyclic N) is 1. The average Bonchev–Trinajstić information content (AvgIpc) is 2.82. The Kier molecular flexibility index (Phi) is 5.21. The van der Waals surface area contributed by atoms with Crippen molar-refractivity contribution >= 4 is 11.6 Å². The molecule has 5 nitrogen and oxygen atoms in total. The van der Waals surface area contributed by atoms with E-state index >= 15 is 0 Å². The first-order valence-corrected chi connectivity index (χ1v) is 7.61. The molecule has 6 heteroatoms. The SMILES string of the molecule is Cc1nnc(CN(CC(O)c2cccc(Cl)c2)C(C)(C)C)o1. The van der Waals surface area contributed by atoms with E-state index in [2.05, 4.69) is 35.9 Å². The van der Waals surface area contributed by atoms with Crippen LogP contribution in [0.25, 0.3) is 0 Å². The first-order chi connectivity index (χ1) is 10.3. The minimum Gasteiger partial charge on any atom is -0.424 e. The van der Waals surface area contributed by atoms with Gasteiger partial charge in [0.1, 0.15) is 0 Å². The van der Waals surface area contributed by atoms with Crippen molar-refractivity contribution in [1.29, 1.82) is 0 Å². The van der Waals surface area contributed by atoms with Gasteiger partial charge >= 0.3 is 0 Å². The third kappa shape index (κ3) is 4.53. The third-order valence-corrected chi connectivity index (χ3v) is 3.70. The summed E-state index contributed by atoms with van der Waals surface area (Å²) < 4.78 is 5.45. The van der Waals surface area contributed by atoms with Crippen LogP contribution in [0.2, 0.25) is 5.02 Å². The number of hydrogen-bond donors (Lipinski definition) is 1. The maximum absolute atomic E-state index is 10.5. The zero-order valence-electron chi connectivity index (χ0n) is 13.4. The topological polar surface area (TPSA) is 62.4 Å². The molecule has 0 aliphatic heterocycles.